The Morgan fingerprint density at radius 2 is 2.10 bits per heavy atom. The van der Waals surface area contributed by atoms with Crippen molar-refractivity contribution in [3.8, 4) is 0 Å². The van der Waals surface area contributed by atoms with E-state index >= 15 is 0 Å². The van der Waals surface area contributed by atoms with Crippen LogP contribution < -0.4 is 10.0 Å². The van der Waals surface area contributed by atoms with Crippen molar-refractivity contribution < 1.29 is 8.42 Å². The van der Waals surface area contributed by atoms with Gasteiger partial charge >= 0.3 is 0 Å². The SMILES string of the molecule is CN1CCN(C)C(CNS(=O)(=O)CC2CCCNC2)C1. The molecule has 2 N–H and O–H groups in total. The fraction of sp³-hybridized carbons (Fsp3) is 1.00. The van der Waals surface area contributed by atoms with Gasteiger partial charge in [-0.2, -0.15) is 0 Å². The molecule has 0 saturated carbocycles. The highest BCUT2D eigenvalue weighted by Gasteiger charge is 2.25. The van der Waals surface area contributed by atoms with Gasteiger partial charge in [-0.05, 0) is 45.9 Å². The van der Waals surface area contributed by atoms with Crippen LogP contribution in [-0.4, -0.2) is 83.4 Å². The summed E-state index contributed by atoms with van der Waals surface area (Å²) in [5.74, 6) is 0.514. The van der Waals surface area contributed by atoms with E-state index < -0.39 is 10.0 Å². The van der Waals surface area contributed by atoms with Gasteiger partial charge in [0.05, 0.1) is 5.75 Å². The van der Waals surface area contributed by atoms with Gasteiger partial charge in [0.25, 0.3) is 0 Å². The molecule has 0 radical (unpaired) electrons. The summed E-state index contributed by atoms with van der Waals surface area (Å²) in [5, 5.41) is 3.27. The van der Waals surface area contributed by atoms with Crippen molar-refractivity contribution in [3.05, 3.63) is 0 Å². The molecule has 0 bridgehead atoms. The van der Waals surface area contributed by atoms with Crippen LogP contribution >= 0.6 is 0 Å². The van der Waals surface area contributed by atoms with E-state index in [1.54, 1.807) is 0 Å². The van der Waals surface area contributed by atoms with Crippen molar-refractivity contribution in [2.75, 3.05) is 59.1 Å². The zero-order chi connectivity index (χ0) is 14.6. The van der Waals surface area contributed by atoms with Gasteiger partial charge in [-0.1, -0.05) is 0 Å². The van der Waals surface area contributed by atoms with E-state index in [2.05, 4.69) is 33.9 Å². The van der Waals surface area contributed by atoms with E-state index in [0.717, 1.165) is 45.6 Å². The van der Waals surface area contributed by atoms with Crippen LogP contribution in [0.3, 0.4) is 0 Å². The smallest absolute Gasteiger partial charge is 0.211 e. The Balaban J connectivity index is 1.79. The lowest BCUT2D eigenvalue weighted by atomic mass is 10.0. The lowest BCUT2D eigenvalue weighted by Gasteiger charge is -2.37. The molecule has 0 aromatic heterocycles. The first-order chi connectivity index (χ1) is 9.46. The van der Waals surface area contributed by atoms with Gasteiger partial charge in [-0.15, -0.1) is 0 Å². The third-order valence-electron chi connectivity index (χ3n) is 4.37. The zero-order valence-corrected chi connectivity index (χ0v) is 13.5. The number of nitrogens with zero attached hydrogens (tertiary/aromatic N) is 2. The van der Waals surface area contributed by atoms with Crippen LogP contribution in [0.25, 0.3) is 0 Å². The normalized spacial score (nSPS) is 30.5. The molecule has 0 amide bonds. The molecule has 20 heavy (non-hydrogen) atoms. The number of piperidine rings is 1. The highest BCUT2D eigenvalue weighted by Crippen LogP contribution is 2.12. The van der Waals surface area contributed by atoms with Gasteiger partial charge in [0.2, 0.25) is 10.0 Å². The van der Waals surface area contributed by atoms with Crippen LogP contribution in [0, 0.1) is 5.92 Å². The number of sulfonamides is 1. The summed E-state index contributed by atoms with van der Waals surface area (Å²) in [5.41, 5.74) is 0. The first-order valence-electron chi connectivity index (χ1n) is 7.53. The van der Waals surface area contributed by atoms with Crippen LogP contribution in [0.5, 0.6) is 0 Å². The molecule has 0 aromatic rings. The molecule has 2 aliphatic rings. The maximum absolute atomic E-state index is 12.2. The van der Waals surface area contributed by atoms with Crippen LogP contribution in [0.15, 0.2) is 0 Å². The van der Waals surface area contributed by atoms with Crippen molar-refractivity contribution in [1.82, 2.24) is 19.8 Å². The van der Waals surface area contributed by atoms with Gasteiger partial charge in [0, 0.05) is 32.2 Å². The van der Waals surface area contributed by atoms with E-state index in [4.69, 9.17) is 0 Å². The molecule has 118 valence electrons. The number of likely N-dealkylation sites (N-methyl/N-ethyl adjacent to an activating group) is 2. The molecule has 2 fully saturated rings. The Morgan fingerprint density at radius 3 is 2.80 bits per heavy atom. The van der Waals surface area contributed by atoms with Crippen molar-refractivity contribution in [1.29, 1.82) is 0 Å². The molecular formula is C13H28N4O2S. The number of hydrogen-bond acceptors (Lipinski definition) is 5. The third-order valence-corrected chi connectivity index (χ3v) is 5.89. The van der Waals surface area contributed by atoms with Crippen molar-refractivity contribution in [2.24, 2.45) is 5.92 Å². The lowest BCUT2D eigenvalue weighted by molar-refractivity contribution is 0.117. The molecule has 2 aliphatic heterocycles. The molecular weight excluding hydrogens is 276 g/mol. The van der Waals surface area contributed by atoms with E-state index in [1.807, 2.05) is 0 Å². The number of rotatable bonds is 5. The summed E-state index contributed by atoms with van der Waals surface area (Å²) in [6.07, 6.45) is 2.09. The number of hydrogen-bond donors (Lipinski definition) is 2. The number of nitrogens with one attached hydrogen (secondary N) is 2. The van der Waals surface area contributed by atoms with E-state index in [1.165, 1.54) is 0 Å². The second kappa shape index (κ2) is 7.17. The van der Waals surface area contributed by atoms with E-state index in [0.29, 0.717) is 6.54 Å². The van der Waals surface area contributed by atoms with Gasteiger partial charge in [0.15, 0.2) is 0 Å². The predicted molar refractivity (Wildman–Crippen MR) is 81.3 cm³/mol. The minimum atomic E-state index is -3.16. The summed E-state index contributed by atoms with van der Waals surface area (Å²) in [6, 6.07) is 0.271. The van der Waals surface area contributed by atoms with Crippen LogP contribution in [0.1, 0.15) is 12.8 Å². The maximum Gasteiger partial charge on any atom is 0.211 e. The van der Waals surface area contributed by atoms with Gasteiger partial charge in [-0.3, -0.25) is 4.90 Å². The summed E-state index contributed by atoms with van der Waals surface area (Å²) in [7, 11) is 0.995. The Morgan fingerprint density at radius 1 is 1.30 bits per heavy atom. The molecule has 7 heteroatoms. The van der Waals surface area contributed by atoms with Crippen LogP contribution in [-0.2, 0) is 10.0 Å². The highest BCUT2D eigenvalue weighted by atomic mass is 32.2. The topological polar surface area (TPSA) is 64.7 Å². The zero-order valence-electron chi connectivity index (χ0n) is 12.6. The fourth-order valence-corrected chi connectivity index (χ4v) is 4.45. The Bertz CT molecular complexity index is 395. The summed E-state index contributed by atoms with van der Waals surface area (Å²) in [6.45, 7) is 5.33. The largest absolute Gasteiger partial charge is 0.316 e. The average molecular weight is 304 g/mol. The second-order valence-electron chi connectivity index (χ2n) is 6.24. The van der Waals surface area contributed by atoms with Crippen molar-refractivity contribution in [2.45, 2.75) is 18.9 Å². The van der Waals surface area contributed by atoms with Crippen LogP contribution in [0.4, 0.5) is 0 Å². The van der Waals surface area contributed by atoms with E-state index in [-0.39, 0.29) is 17.7 Å². The molecule has 0 aromatic carbocycles. The second-order valence-corrected chi connectivity index (χ2v) is 8.09. The number of piperazine rings is 1. The first kappa shape index (κ1) is 16.2. The standard InChI is InChI=1S/C13H28N4O2S/c1-16-6-7-17(2)13(10-16)9-15-20(18,19)11-12-4-3-5-14-8-12/h12-15H,3-11H2,1-2H3. The van der Waals surface area contributed by atoms with Crippen LogP contribution in [0.2, 0.25) is 0 Å². The minimum absolute atomic E-state index is 0.256. The molecule has 0 spiro atoms. The fourth-order valence-electron chi connectivity index (χ4n) is 2.98. The summed E-state index contributed by atoms with van der Waals surface area (Å²) >= 11 is 0. The minimum Gasteiger partial charge on any atom is -0.316 e. The summed E-state index contributed by atoms with van der Waals surface area (Å²) < 4.78 is 27.1. The average Bonchev–Trinajstić information content (AvgIpc) is 2.40. The Hall–Kier alpha value is -0.210. The predicted octanol–water partition coefficient (Wildman–Crippen LogP) is -0.849. The Kier molecular flexibility index (Phi) is 5.80. The Labute approximate surface area is 122 Å². The molecule has 0 aliphatic carbocycles. The highest BCUT2D eigenvalue weighted by molar-refractivity contribution is 7.89. The van der Waals surface area contributed by atoms with Gasteiger partial charge in [-0.25, -0.2) is 13.1 Å². The summed E-state index contributed by atoms with van der Waals surface area (Å²) in [4.78, 5) is 4.49. The molecule has 6 nitrogen and oxygen atoms in total. The molecule has 2 atom stereocenters. The van der Waals surface area contributed by atoms with Crippen molar-refractivity contribution in [3.63, 3.8) is 0 Å². The van der Waals surface area contributed by atoms with E-state index in [9.17, 15) is 8.42 Å². The quantitative estimate of drug-likeness (QED) is 0.693. The van der Waals surface area contributed by atoms with Gasteiger partial charge < -0.3 is 10.2 Å². The first-order valence-corrected chi connectivity index (χ1v) is 9.18. The third kappa shape index (κ3) is 4.96. The molecule has 2 heterocycles. The molecule has 2 saturated heterocycles. The molecule has 2 unspecified atom stereocenters. The van der Waals surface area contributed by atoms with Gasteiger partial charge in [0.1, 0.15) is 0 Å². The lowest BCUT2D eigenvalue weighted by Crippen LogP contribution is -2.54. The maximum atomic E-state index is 12.2. The monoisotopic (exact) mass is 304 g/mol. The van der Waals surface area contributed by atoms with Crippen molar-refractivity contribution >= 4 is 10.0 Å². The molecule has 2 rings (SSSR count).